The average Bonchev–Trinajstić information content (AvgIpc) is 2.79. The normalized spacial score (nSPS) is 10.5. The zero-order valence-corrected chi connectivity index (χ0v) is 10.8. The molecule has 1 aromatic carbocycles. The molecule has 0 aliphatic heterocycles. The highest BCUT2D eigenvalue weighted by molar-refractivity contribution is 9.08. The summed E-state index contributed by atoms with van der Waals surface area (Å²) < 4.78 is 20.4. The molecule has 0 amide bonds. The van der Waals surface area contributed by atoms with Gasteiger partial charge in [0.1, 0.15) is 0 Å². The summed E-state index contributed by atoms with van der Waals surface area (Å²) in [6.07, 6.45) is 1.77. The van der Waals surface area contributed by atoms with Crippen LogP contribution in [0.5, 0.6) is 5.75 Å². The van der Waals surface area contributed by atoms with Crippen LogP contribution in [0.4, 0.5) is 4.39 Å². The Morgan fingerprint density at radius 1 is 1.47 bits per heavy atom. The lowest BCUT2D eigenvalue weighted by Crippen LogP contribution is -2.03. The summed E-state index contributed by atoms with van der Waals surface area (Å²) in [4.78, 5) is 0. The molecule has 0 aliphatic rings. The van der Waals surface area contributed by atoms with Crippen LogP contribution in [0.3, 0.4) is 0 Å². The van der Waals surface area contributed by atoms with Gasteiger partial charge in [-0.2, -0.15) is 0 Å². The number of methoxy groups -OCH3 is 1. The van der Waals surface area contributed by atoms with Crippen LogP contribution in [-0.4, -0.2) is 22.1 Å². The molecular formula is C11H11BrFN3O. The van der Waals surface area contributed by atoms with Gasteiger partial charge in [0.25, 0.3) is 0 Å². The van der Waals surface area contributed by atoms with E-state index in [1.807, 2.05) is 0 Å². The monoisotopic (exact) mass is 299 g/mol. The van der Waals surface area contributed by atoms with Crippen molar-refractivity contribution in [2.75, 3.05) is 7.11 Å². The number of benzene rings is 1. The summed E-state index contributed by atoms with van der Waals surface area (Å²) in [5.74, 6) is -0.116. The SMILES string of the molecule is COc1cccc(Cn2cc(CBr)nn2)c1F. The van der Waals surface area contributed by atoms with Gasteiger partial charge in [-0.15, -0.1) is 5.10 Å². The smallest absolute Gasteiger partial charge is 0.170 e. The van der Waals surface area contributed by atoms with E-state index in [0.29, 0.717) is 17.4 Å². The summed E-state index contributed by atoms with van der Waals surface area (Å²) in [6.45, 7) is 0.336. The van der Waals surface area contributed by atoms with E-state index >= 15 is 0 Å². The fourth-order valence-corrected chi connectivity index (χ4v) is 1.74. The van der Waals surface area contributed by atoms with Crippen LogP contribution in [-0.2, 0) is 11.9 Å². The zero-order chi connectivity index (χ0) is 12.3. The number of halogens is 2. The third kappa shape index (κ3) is 2.63. The van der Waals surface area contributed by atoms with E-state index in [-0.39, 0.29) is 11.6 Å². The van der Waals surface area contributed by atoms with Gasteiger partial charge in [-0.05, 0) is 6.07 Å². The average molecular weight is 300 g/mol. The Morgan fingerprint density at radius 3 is 2.94 bits per heavy atom. The third-order valence-corrected chi connectivity index (χ3v) is 2.89. The number of hydrogen-bond donors (Lipinski definition) is 0. The van der Waals surface area contributed by atoms with E-state index in [1.54, 1.807) is 29.1 Å². The number of nitrogens with zero attached hydrogens (tertiary/aromatic N) is 3. The predicted molar refractivity (Wildman–Crippen MR) is 64.7 cm³/mol. The topological polar surface area (TPSA) is 39.9 Å². The van der Waals surface area contributed by atoms with Crippen molar-refractivity contribution in [2.24, 2.45) is 0 Å². The number of alkyl halides is 1. The van der Waals surface area contributed by atoms with Crippen molar-refractivity contribution in [3.8, 4) is 5.75 Å². The minimum atomic E-state index is -0.356. The van der Waals surface area contributed by atoms with Gasteiger partial charge in [-0.1, -0.05) is 33.3 Å². The standard InChI is InChI=1S/C11H11BrFN3O/c1-17-10-4-2-3-8(11(10)13)6-16-7-9(5-12)14-15-16/h2-4,7H,5-6H2,1H3. The molecule has 0 unspecified atom stereocenters. The molecule has 0 saturated heterocycles. The lowest BCUT2D eigenvalue weighted by Gasteiger charge is -2.06. The highest BCUT2D eigenvalue weighted by Gasteiger charge is 2.09. The lowest BCUT2D eigenvalue weighted by atomic mass is 10.2. The van der Waals surface area contributed by atoms with Gasteiger partial charge in [-0.25, -0.2) is 9.07 Å². The molecule has 1 heterocycles. The molecule has 6 heteroatoms. The van der Waals surface area contributed by atoms with Crippen LogP contribution in [0.15, 0.2) is 24.4 Å². The molecule has 1 aromatic heterocycles. The second-order valence-corrected chi connectivity index (χ2v) is 4.04. The predicted octanol–water partition coefficient (Wildman–Crippen LogP) is 2.37. The van der Waals surface area contributed by atoms with Crippen molar-refractivity contribution in [3.05, 3.63) is 41.5 Å². The van der Waals surface area contributed by atoms with E-state index < -0.39 is 0 Å². The van der Waals surface area contributed by atoms with Crippen LogP contribution >= 0.6 is 15.9 Å². The Morgan fingerprint density at radius 2 is 2.29 bits per heavy atom. The molecular weight excluding hydrogens is 289 g/mol. The highest BCUT2D eigenvalue weighted by atomic mass is 79.9. The van der Waals surface area contributed by atoms with Crippen molar-refractivity contribution in [1.29, 1.82) is 0 Å². The first-order valence-electron chi connectivity index (χ1n) is 5.01. The van der Waals surface area contributed by atoms with Crippen LogP contribution in [0, 0.1) is 5.82 Å². The quantitative estimate of drug-likeness (QED) is 0.814. The second-order valence-electron chi connectivity index (χ2n) is 3.47. The summed E-state index contributed by atoms with van der Waals surface area (Å²) >= 11 is 3.28. The molecule has 0 fully saturated rings. The first-order chi connectivity index (χ1) is 8.24. The molecule has 0 spiro atoms. The highest BCUT2D eigenvalue weighted by Crippen LogP contribution is 2.20. The van der Waals surface area contributed by atoms with E-state index in [0.717, 1.165) is 5.69 Å². The van der Waals surface area contributed by atoms with E-state index in [4.69, 9.17) is 4.74 Å². The number of hydrogen-bond acceptors (Lipinski definition) is 3. The van der Waals surface area contributed by atoms with Crippen LogP contribution in [0.25, 0.3) is 0 Å². The molecule has 2 aromatic rings. The minimum Gasteiger partial charge on any atom is -0.494 e. The first kappa shape index (κ1) is 12.0. The summed E-state index contributed by atoms with van der Waals surface area (Å²) in [5, 5.41) is 8.46. The van der Waals surface area contributed by atoms with Gasteiger partial charge in [-0.3, -0.25) is 0 Å². The minimum absolute atomic E-state index is 0.239. The zero-order valence-electron chi connectivity index (χ0n) is 9.23. The van der Waals surface area contributed by atoms with E-state index in [2.05, 4.69) is 26.2 Å². The van der Waals surface area contributed by atoms with E-state index in [9.17, 15) is 4.39 Å². The molecule has 0 saturated carbocycles. The lowest BCUT2D eigenvalue weighted by molar-refractivity contribution is 0.383. The maximum absolute atomic E-state index is 13.9. The molecule has 4 nitrogen and oxygen atoms in total. The largest absolute Gasteiger partial charge is 0.494 e. The molecule has 2 rings (SSSR count). The third-order valence-electron chi connectivity index (χ3n) is 2.32. The van der Waals surface area contributed by atoms with Crippen molar-refractivity contribution < 1.29 is 9.13 Å². The van der Waals surface area contributed by atoms with Gasteiger partial charge in [0, 0.05) is 17.1 Å². The first-order valence-corrected chi connectivity index (χ1v) is 6.13. The summed E-state index contributed by atoms with van der Waals surface area (Å²) in [5.41, 5.74) is 1.34. The summed E-state index contributed by atoms with van der Waals surface area (Å²) in [7, 11) is 1.45. The van der Waals surface area contributed by atoms with Crippen LogP contribution < -0.4 is 4.74 Å². The summed E-state index contributed by atoms with van der Waals surface area (Å²) in [6, 6.07) is 5.04. The van der Waals surface area contributed by atoms with Crippen LogP contribution in [0.2, 0.25) is 0 Å². The molecule has 0 atom stereocenters. The molecule has 90 valence electrons. The van der Waals surface area contributed by atoms with Gasteiger partial charge >= 0.3 is 0 Å². The van der Waals surface area contributed by atoms with Crippen molar-refractivity contribution in [2.45, 2.75) is 11.9 Å². The number of ether oxygens (including phenoxy) is 1. The fraction of sp³-hybridized carbons (Fsp3) is 0.273. The molecule has 0 bridgehead atoms. The molecule has 0 radical (unpaired) electrons. The van der Waals surface area contributed by atoms with Gasteiger partial charge < -0.3 is 4.74 Å². The molecule has 17 heavy (non-hydrogen) atoms. The molecule has 0 aliphatic carbocycles. The van der Waals surface area contributed by atoms with Gasteiger partial charge in [0.05, 0.1) is 19.3 Å². The van der Waals surface area contributed by atoms with Crippen molar-refractivity contribution >= 4 is 15.9 Å². The van der Waals surface area contributed by atoms with Gasteiger partial charge in [0.15, 0.2) is 11.6 Å². The fourth-order valence-electron chi connectivity index (χ4n) is 1.49. The molecule has 0 N–H and O–H groups in total. The van der Waals surface area contributed by atoms with Crippen molar-refractivity contribution in [1.82, 2.24) is 15.0 Å². The van der Waals surface area contributed by atoms with Gasteiger partial charge in [0.2, 0.25) is 0 Å². The number of rotatable bonds is 4. The van der Waals surface area contributed by atoms with E-state index in [1.165, 1.54) is 7.11 Å². The Kier molecular flexibility index (Phi) is 3.73. The second kappa shape index (κ2) is 5.27. The Balaban J connectivity index is 2.23. The number of aromatic nitrogens is 3. The van der Waals surface area contributed by atoms with Crippen molar-refractivity contribution in [3.63, 3.8) is 0 Å². The Bertz CT molecular complexity index is 515. The maximum Gasteiger partial charge on any atom is 0.170 e. The Labute approximate surface area is 107 Å². The van der Waals surface area contributed by atoms with Crippen LogP contribution in [0.1, 0.15) is 11.3 Å². The Hall–Kier alpha value is -1.43. The maximum atomic E-state index is 13.9.